The third kappa shape index (κ3) is 4.64. The third-order valence-corrected chi connectivity index (χ3v) is 5.25. The fraction of sp³-hybridized carbons (Fsp3) is 0.833. The highest BCUT2D eigenvalue weighted by molar-refractivity contribution is 5.86. The zero-order valence-electron chi connectivity index (χ0n) is 13.0. The molecule has 0 aliphatic heterocycles. The van der Waals surface area contributed by atoms with Gasteiger partial charge in [-0.3, -0.25) is 0 Å². The summed E-state index contributed by atoms with van der Waals surface area (Å²) in [7, 11) is 0. The Morgan fingerprint density at radius 1 is 1.05 bits per heavy atom. The Bertz CT molecular complexity index is 328. The summed E-state index contributed by atoms with van der Waals surface area (Å²) in [5.41, 5.74) is 0.508. The average molecular weight is 278 g/mol. The highest BCUT2D eigenvalue weighted by atomic mass is 16.5. The molecule has 0 bridgehead atoms. The van der Waals surface area contributed by atoms with Crippen LogP contribution in [0.2, 0.25) is 0 Å². The SMILES string of the molecule is C=C(C)C(=O)OCCC1CCCC(C2CCCCC2)C1. The van der Waals surface area contributed by atoms with Crippen LogP contribution in [0.15, 0.2) is 12.2 Å². The number of hydrogen-bond donors (Lipinski definition) is 0. The van der Waals surface area contributed by atoms with Crippen molar-refractivity contribution in [3.63, 3.8) is 0 Å². The second-order valence-electron chi connectivity index (χ2n) is 6.90. The van der Waals surface area contributed by atoms with Gasteiger partial charge in [-0.25, -0.2) is 4.79 Å². The third-order valence-electron chi connectivity index (χ3n) is 5.25. The molecule has 2 heteroatoms. The van der Waals surface area contributed by atoms with E-state index in [9.17, 15) is 4.79 Å². The van der Waals surface area contributed by atoms with Gasteiger partial charge >= 0.3 is 5.97 Å². The molecule has 0 saturated heterocycles. The van der Waals surface area contributed by atoms with E-state index in [2.05, 4.69) is 6.58 Å². The largest absolute Gasteiger partial charge is 0.462 e. The van der Waals surface area contributed by atoms with E-state index in [1.165, 1.54) is 57.8 Å². The lowest BCUT2D eigenvalue weighted by Crippen LogP contribution is -2.25. The number of carbonyl (C=O) groups excluding carboxylic acids is 1. The van der Waals surface area contributed by atoms with E-state index in [1.54, 1.807) is 6.92 Å². The molecule has 2 nitrogen and oxygen atoms in total. The Morgan fingerprint density at radius 3 is 2.45 bits per heavy atom. The lowest BCUT2D eigenvalue weighted by molar-refractivity contribution is -0.139. The first-order valence-corrected chi connectivity index (χ1v) is 8.49. The van der Waals surface area contributed by atoms with Gasteiger partial charge < -0.3 is 4.74 Å². The lowest BCUT2D eigenvalue weighted by atomic mass is 9.70. The van der Waals surface area contributed by atoms with Crippen LogP contribution < -0.4 is 0 Å². The average Bonchev–Trinajstić information content (AvgIpc) is 2.48. The Morgan fingerprint density at radius 2 is 1.75 bits per heavy atom. The minimum atomic E-state index is -0.232. The van der Waals surface area contributed by atoms with Crippen molar-refractivity contribution in [2.45, 2.75) is 71.1 Å². The molecule has 0 heterocycles. The molecule has 2 rings (SSSR count). The van der Waals surface area contributed by atoms with Crippen LogP contribution in [0.4, 0.5) is 0 Å². The smallest absolute Gasteiger partial charge is 0.333 e. The first-order valence-electron chi connectivity index (χ1n) is 8.49. The van der Waals surface area contributed by atoms with Crippen molar-refractivity contribution >= 4 is 5.97 Å². The van der Waals surface area contributed by atoms with Gasteiger partial charge in [0, 0.05) is 5.57 Å². The molecule has 0 aromatic heterocycles. The van der Waals surface area contributed by atoms with E-state index < -0.39 is 0 Å². The number of hydrogen-bond acceptors (Lipinski definition) is 2. The summed E-state index contributed by atoms with van der Waals surface area (Å²) in [6.07, 6.45) is 13.8. The fourth-order valence-corrected chi connectivity index (χ4v) is 4.07. The minimum absolute atomic E-state index is 0.232. The predicted molar refractivity (Wildman–Crippen MR) is 82.4 cm³/mol. The minimum Gasteiger partial charge on any atom is -0.462 e. The van der Waals surface area contributed by atoms with E-state index in [-0.39, 0.29) is 5.97 Å². The number of esters is 1. The van der Waals surface area contributed by atoms with Gasteiger partial charge in [0.1, 0.15) is 0 Å². The molecule has 20 heavy (non-hydrogen) atoms. The summed E-state index contributed by atoms with van der Waals surface area (Å²) < 4.78 is 5.25. The van der Waals surface area contributed by atoms with E-state index in [1.807, 2.05) is 0 Å². The summed E-state index contributed by atoms with van der Waals surface area (Å²) in [5, 5.41) is 0. The van der Waals surface area contributed by atoms with Crippen LogP contribution in [0, 0.1) is 17.8 Å². The van der Waals surface area contributed by atoms with Crippen LogP contribution in [0.5, 0.6) is 0 Å². The normalized spacial score (nSPS) is 28.1. The molecular formula is C18H30O2. The van der Waals surface area contributed by atoms with Gasteiger partial charge in [-0.1, -0.05) is 57.9 Å². The summed E-state index contributed by atoms with van der Waals surface area (Å²) >= 11 is 0. The van der Waals surface area contributed by atoms with Gasteiger partial charge in [-0.15, -0.1) is 0 Å². The maximum absolute atomic E-state index is 11.4. The van der Waals surface area contributed by atoms with E-state index in [0.29, 0.717) is 12.2 Å². The maximum Gasteiger partial charge on any atom is 0.333 e. The molecule has 114 valence electrons. The van der Waals surface area contributed by atoms with E-state index >= 15 is 0 Å². The molecule has 2 fully saturated rings. The maximum atomic E-state index is 11.4. The zero-order valence-corrected chi connectivity index (χ0v) is 13.0. The van der Waals surface area contributed by atoms with Crippen molar-refractivity contribution in [3.8, 4) is 0 Å². The fourth-order valence-electron chi connectivity index (χ4n) is 4.07. The molecular weight excluding hydrogens is 248 g/mol. The molecule has 2 aliphatic rings. The zero-order chi connectivity index (χ0) is 14.4. The van der Waals surface area contributed by atoms with Crippen LogP contribution in [-0.4, -0.2) is 12.6 Å². The molecule has 2 unspecified atom stereocenters. The van der Waals surface area contributed by atoms with Crippen molar-refractivity contribution in [1.82, 2.24) is 0 Å². The Hall–Kier alpha value is -0.790. The van der Waals surface area contributed by atoms with Gasteiger partial charge in [0.25, 0.3) is 0 Å². The van der Waals surface area contributed by atoms with E-state index in [0.717, 1.165) is 24.2 Å². The standard InChI is InChI=1S/C18H30O2/c1-14(2)18(19)20-12-11-15-7-6-10-17(13-15)16-8-4-3-5-9-16/h15-17H,1,3-13H2,2H3. The molecule has 0 spiro atoms. The molecule has 0 aromatic carbocycles. The van der Waals surface area contributed by atoms with Gasteiger partial charge in [0.15, 0.2) is 0 Å². The summed E-state index contributed by atoms with van der Waals surface area (Å²) in [5.74, 6) is 2.48. The second kappa shape index (κ2) is 7.85. The number of carbonyl (C=O) groups is 1. The molecule has 0 N–H and O–H groups in total. The van der Waals surface area contributed by atoms with Crippen LogP contribution in [0.3, 0.4) is 0 Å². The molecule has 2 atom stereocenters. The summed E-state index contributed by atoms with van der Waals surface area (Å²) in [6.45, 7) is 5.91. The van der Waals surface area contributed by atoms with Gasteiger partial charge in [0.2, 0.25) is 0 Å². The molecule has 2 saturated carbocycles. The van der Waals surface area contributed by atoms with Crippen LogP contribution in [0.25, 0.3) is 0 Å². The van der Waals surface area contributed by atoms with Gasteiger partial charge in [0.05, 0.1) is 6.61 Å². The number of ether oxygens (including phenoxy) is 1. The van der Waals surface area contributed by atoms with Crippen molar-refractivity contribution < 1.29 is 9.53 Å². The molecule has 0 radical (unpaired) electrons. The predicted octanol–water partition coefficient (Wildman–Crippen LogP) is 4.88. The van der Waals surface area contributed by atoms with Gasteiger partial charge in [-0.05, 0) is 37.5 Å². The summed E-state index contributed by atoms with van der Waals surface area (Å²) in [6, 6.07) is 0. The lowest BCUT2D eigenvalue weighted by Gasteiger charge is -2.36. The van der Waals surface area contributed by atoms with Crippen molar-refractivity contribution in [1.29, 1.82) is 0 Å². The highest BCUT2D eigenvalue weighted by Crippen LogP contribution is 2.41. The van der Waals surface area contributed by atoms with Crippen LogP contribution in [-0.2, 0) is 9.53 Å². The number of rotatable bonds is 5. The molecule has 0 aromatic rings. The van der Waals surface area contributed by atoms with Crippen LogP contribution in [0.1, 0.15) is 71.1 Å². The first kappa shape index (κ1) is 15.6. The van der Waals surface area contributed by atoms with Gasteiger partial charge in [-0.2, -0.15) is 0 Å². The Balaban J connectivity index is 1.70. The Labute approximate surface area is 124 Å². The quantitative estimate of drug-likeness (QED) is 0.529. The first-order chi connectivity index (χ1) is 9.66. The van der Waals surface area contributed by atoms with E-state index in [4.69, 9.17) is 4.74 Å². The highest BCUT2D eigenvalue weighted by Gasteiger charge is 2.29. The monoisotopic (exact) mass is 278 g/mol. The Kier molecular flexibility index (Phi) is 6.12. The topological polar surface area (TPSA) is 26.3 Å². The van der Waals surface area contributed by atoms with Crippen molar-refractivity contribution in [2.75, 3.05) is 6.61 Å². The molecule has 2 aliphatic carbocycles. The van der Waals surface area contributed by atoms with Crippen molar-refractivity contribution in [3.05, 3.63) is 12.2 Å². The summed E-state index contributed by atoms with van der Waals surface area (Å²) in [4.78, 5) is 11.4. The molecule has 0 amide bonds. The van der Waals surface area contributed by atoms with Crippen molar-refractivity contribution in [2.24, 2.45) is 17.8 Å². The van der Waals surface area contributed by atoms with Crippen LogP contribution >= 0.6 is 0 Å². The second-order valence-corrected chi connectivity index (χ2v) is 6.90.